The highest BCUT2D eigenvalue weighted by Gasteiger charge is 2.20. The minimum Gasteiger partial charge on any atom is -0.301 e. The monoisotopic (exact) mass is 359 g/mol. The van der Waals surface area contributed by atoms with Gasteiger partial charge in [0.1, 0.15) is 5.82 Å². The van der Waals surface area contributed by atoms with Gasteiger partial charge in [-0.2, -0.15) is 5.10 Å². The number of thiazole rings is 1. The Morgan fingerprint density at radius 1 is 1.40 bits per heavy atom. The zero-order valence-electron chi connectivity index (χ0n) is 13.9. The van der Waals surface area contributed by atoms with Gasteiger partial charge >= 0.3 is 0 Å². The Balaban J connectivity index is 1.68. The topological polar surface area (TPSA) is 73.9 Å². The summed E-state index contributed by atoms with van der Waals surface area (Å²) in [4.78, 5) is 18.3. The number of carbonyl (C=O) groups is 1. The smallest absolute Gasteiger partial charge is 0.243 e. The third-order valence-electron chi connectivity index (χ3n) is 3.97. The minimum atomic E-state index is -0.347. The van der Waals surface area contributed by atoms with Crippen LogP contribution in [0.4, 0.5) is 9.52 Å². The van der Waals surface area contributed by atoms with Crippen LogP contribution >= 0.6 is 11.3 Å². The van der Waals surface area contributed by atoms with E-state index in [1.54, 1.807) is 24.5 Å². The predicted molar refractivity (Wildman–Crippen MR) is 95.7 cm³/mol. The fourth-order valence-corrected chi connectivity index (χ4v) is 2.93. The minimum absolute atomic E-state index is 0.121. The van der Waals surface area contributed by atoms with Crippen LogP contribution in [-0.4, -0.2) is 39.1 Å². The number of carbonyl (C=O) groups excluding carboxylic acids is 1. The molecule has 0 aliphatic carbocycles. The first kappa shape index (κ1) is 17.2. The van der Waals surface area contributed by atoms with Gasteiger partial charge in [0.15, 0.2) is 5.13 Å². The van der Waals surface area contributed by atoms with Gasteiger partial charge in [-0.25, -0.2) is 9.37 Å². The highest BCUT2D eigenvalue weighted by molar-refractivity contribution is 7.13. The van der Waals surface area contributed by atoms with E-state index in [1.165, 1.54) is 23.5 Å². The first-order valence-corrected chi connectivity index (χ1v) is 8.61. The van der Waals surface area contributed by atoms with Crippen LogP contribution in [0.25, 0.3) is 11.3 Å². The molecular formula is C17H18FN5OS. The molecule has 1 amide bonds. The van der Waals surface area contributed by atoms with Crippen LogP contribution in [0, 0.1) is 5.82 Å². The van der Waals surface area contributed by atoms with Gasteiger partial charge in [0.05, 0.1) is 17.9 Å². The fourth-order valence-electron chi connectivity index (χ4n) is 2.40. The van der Waals surface area contributed by atoms with E-state index in [2.05, 4.69) is 20.5 Å². The number of benzene rings is 1. The second kappa shape index (κ2) is 7.54. The molecule has 130 valence electrons. The summed E-state index contributed by atoms with van der Waals surface area (Å²) in [5.74, 6) is -0.404. The predicted octanol–water partition coefficient (Wildman–Crippen LogP) is 3.13. The first-order chi connectivity index (χ1) is 12.0. The lowest BCUT2D eigenvalue weighted by Gasteiger charge is -2.23. The Morgan fingerprint density at radius 2 is 2.16 bits per heavy atom. The maximum Gasteiger partial charge on any atom is 0.243 e. The molecule has 0 radical (unpaired) electrons. The molecule has 3 aromatic rings. The van der Waals surface area contributed by atoms with E-state index in [0.717, 1.165) is 16.8 Å². The van der Waals surface area contributed by atoms with Crippen LogP contribution < -0.4 is 5.32 Å². The van der Waals surface area contributed by atoms with Crippen molar-refractivity contribution in [3.8, 4) is 11.3 Å². The Labute approximate surface area is 148 Å². The zero-order chi connectivity index (χ0) is 17.8. The van der Waals surface area contributed by atoms with E-state index < -0.39 is 0 Å². The van der Waals surface area contributed by atoms with Crippen molar-refractivity contribution < 1.29 is 9.18 Å². The number of amides is 1. The average molecular weight is 359 g/mol. The second-order valence-electron chi connectivity index (χ2n) is 5.69. The number of nitrogens with one attached hydrogen (secondary N) is 2. The third-order valence-corrected chi connectivity index (χ3v) is 4.66. The van der Waals surface area contributed by atoms with Crippen LogP contribution in [0.15, 0.2) is 42.0 Å². The van der Waals surface area contributed by atoms with E-state index >= 15 is 0 Å². The molecule has 1 unspecified atom stereocenters. The Morgan fingerprint density at radius 3 is 2.84 bits per heavy atom. The number of rotatable bonds is 6. The first-order valence-electron chi connectivity index (χ1n) is 7.73. The molecule has 0 fully saturated rings. The van der Waals surface area contributed by atoms with Gasteiger partial charge in [0, 0.05) is 29.2 Å². The lowest BCUT2D eigenvalue weighted by Crippen LogP contribution is -2.39. The molecule has 2 N–H and O–H groups in total. The summed E-state index contributed by atoms with van der Waals surface area (Å²) in [7, 11) is 1.87. The van der Waals surface area contributed by atoms with E-state index in [1.807, 2.05) is 24.3 Å². The Kier molecular flexibility index (Phi) is 5.20. The molecule has 0 bridgehead atoms. The molecular weight excluding hydrogens is 341 g/mol. The summed E-state index contributed by atoms with van der Waals surface area (Å²) in [6, 6.07) is 5.87. The number of aromatic nitrogens is 3. The highest BCUT2D eigenvalue weighted by Crippen LogP contribution is 2.23. The van der Waals surface area contributed by atoms with Crippen molar-refractivity contribution in [3.05, 3.63) is 53.4 Å². The van der Waals surface area contributed by atoms with Crippen LogP contribution in [0.3, 0.4) is 0 Å². The molecule has 0 saturated heterocycles. The number of H-pyrrole nitrogens is 1. The third kappa shape index (κ3) is 4.09. The molecule has 0 aliphatic rings. The fraction of sp³-hybridized carbons (Fsp3) is 0.235. The molecule has 0 spiro atoms. The van der Waals surface area contributed by atoms with Crippen LogP contribution in [-0.2, 0) is 11.3 Å². The molecule has 0 aliphatic heterocycles. The molecule has 2 aromatic heterocycles. The highest BCUT2D eigenvalue weighted by atomic mass is 32.1. The number of hydrogen-bond acceptors (Lipinski definition) is 5. The quantitative estimate of drug-likeness (QED) is 0.709. The zero-order valence-corrected chi connectivity index (χ0v) is 14.7. The number of hydrogen-bond donors (Lipinski definition) is 2. The van der Waals surface area contributed by atoms with Gasteiger partial charge in [-0.1, -0.05) is 0 Å². The van der Waals surface area contributed by atoms with Crippen molar-refractivity contribution in [3.63, 3.8) is 0 Å². The number of nitrogens with zero attached hydrogens (tertiary/aromatic N) is 3. The van der Waals surface area contributed by atoms with Crippen molar-refractivity contribution in [1.29, 1.82) is 0 Å². The normalized spacial score (nSPS) is 12.3. The van der Waals surface area contributed by atoms with Crippen molar-refractivity contribution >= 4 is 22.4 Å². The maximum absolute atomic E-state index is 13.1. The summed E-state index contributed by atoms with van der Waals surface area (Å²) in [5, 5.41) is 12.2. The van der Waals surface area contributed by atoms with Gasteiger partial charge in [0.2, 0.25) is 5.91 Å². The molecule has 25 heavy (non-hydrogen) atoms. The van der Waals surface area contributed by atoms with Crippen LogP contribution in [0.1, 0.15) is 12.5 Å². The lowest BCUT2D eigenvalue weighted by atomic mass is 10.1. The molecule has 1 atom stereocenters. The standard InChI is InChI=1S/C17H18FN5OS/c1-11(16(24)21-17-19-7-8-25-17)23(2)10-13-9-20-22-15(13)12-3-5-14(18)6-4-12/h3-9,11H,10H2,1-2H3,(H,20,22)(H,19,21,24). The largest absolute Gasteiger partial charge is 0.301 e. The van der Waals surface area contributed by atoms with Crippen molar-refractivity contribution in [2.24, 2.45) is 0 Å². The Hall–Kier alpha value is -2.58. The summed E-state index contributed by atoms with van der Waals surface area (Å²) in [6.45, 7) is 2.36. The molecule has 6 nitrogen and oxygen atoms in total. The van der Waals surface area contributed by atoms with Gasteiger partial charge in [-0.05, 0) is 38.2 Å². The summed E-state index contributed by atoms with van der Waals surface area (Å²) in [6.07, 6.45) is 3.37. The molecule has 0 saturated carbocycles. The number of halogens is 1. The van der Waals surface area contributed by atoms with Crippen LogP contribution in [0.2, 0.25) is 0 Å². The Bertz CT molecular complexity index is 831. The molecule has 3 rings (SSSR count). The van der Waals surface area contributed by atoms with Gasteiger partial charge < -0.3 is 5.32 Å². The number of aromatic amines is 1. The summed E-state index contributed by atoms with van der Waals surface area (Å²) >= 11 is 1.38. The van der Waals surface area contributed by atoms with Crippen LogP contribution in [0.5, 0.6) is 0 Å². The lowest BCUT2D eigenvalue weighted by molar-refractivity contribution is -0.120. The van der Waals surface area contributed by atoms with Crippen molar-refractivity contribution in [2.45, 2.75) is 19.5 Å². The number of anilines is 1. The van der Waals surface area contributed by atoms with E-state index in [4.69, 9.17) is 0 Å². The molecule has 1 aromatic carbocycles. The number of likely N-dealkylation sites (N-methyl/N-ethyl adjacent to an activating group) is 1. The van der Waals surface area contributed by atoms with E-state index in [0.29, 0.717) is 11.7 Å². The van der Waals surface area contributed by atoms with Crippen molar-refractivity contribution in [2.75, 3.05) is 12.4 Å². The van der Waals surface area contributed by atoms with E-state index in [9.17, 15) is 9.18 Å². The molecule has 2 heterocycles. The SMILES string of the molecule is CC(C(=O)Nc1nccs1)N(C)Cc1cn[nH]c1-c1ccc(F)cc1. The van der Waals surface area contributed by atoms with Gasteiger partial charge in [0.25, 0.3) is 0 Å². The molecule has 8 heteroatoms. The second-order valence-corrected chi connectivity index (χ2v) is 6.59. The summed E-state index contributed by atoms with van der Waals surface area (Å²) < 4.78 is 13.1. The van der Waals surface area contributed by atoms with E-state index in [-0.39, 0.29) is 17.8 Å². The van der Waals surface area contributed by atoms with Gasteiger partial charge in [-0.15, -0.1) is 11.3 Å². The summed E-state index contributed by atoms with van der Waals surface area (Å²) in [5.41, 5.74) is 2.60. The van der Waals surface area contributed by atoms with Gasteiger partial charge in [-0.3, -0.25) is 14.8 Å². The van der Waals surface area contributed by atoms with Crippen molar-refractivity contribution in [1.82, 2.24) is 20.1 Å². The maximum atomic E-state index is 13.1. The average Bonchev–Trinajstić information content (AvgIpc) is 3.27.